The van der Waals surface area contributed by atoms with Gasteiger partial charge in [0.25, 0.3) is 0 Å². The van der Waals surface area contributed by atoms with Crippen LogP contribution in [-0.2, 0) is 0 Å². The van der Waals surface area contributed by atoms with Gasteiger partial charge in [-0.2, -0.15) is 0 Å². The van der Waals surface area contributed by atoms with Crippen LogP contribution in [0.25, 0.3) is 0 Å². The maximum absolute atomic E-state index is 6.00. The van der Waals surface area contributed by atoms with Crippen molar-refractivity contribution in [2.24, 2.45) is 0 Å². The third-order valence-corrected chi connectivity index (χ3v) is 4.55. The molecule has 0 bridgehead atoms. The van der Waals surface area contributed by atoms with Crippen LogP contribution in [0, 0.1) is 0 Å². The van der Waals surface area contributed by atoms with E-state index in [1.807, 2.05) is 18.2 Å². The van der Waals surface area contributed by atoms with E-state index in [4.69, 9.17) is 23.2 Å². The van der Waals surface area contributed by atoms with Gasteiger partial charge in [0.2, 0.25) is 0 Å². The summed E-state index contributed by atoms with van der Waals surface area (Å²) >= 11 is 13.5. The van der Waals surface area contributed by atoms with Crippen LogP contribution in [0.1, 0.15) is 17.9 Å². The molecule has 1 N–H and O–H groups in total. The van der Waals surface area contributed by atoms with Gasteiger partial charge in [-0.3, -0.25) is 0 Å². The Morgan fingerprint density at radius 1 is 1.21 bits per heavy atom. The number of halogens is 2. The predicted octanol–water partition coefficient (Wildman–Crippen LogP) is 4.40. The van der Waals surface area contributed by atoms with E-state index in [2.05, 4.69) is 20.8 Å². The van der Waals surface area contributed by atoms with Crippen molar-refractivity contribution in [3.05, 3.63) is 52.4 Å². The van der Waals surface area contributed by atoms with Gasteiger partial charge in [0.15, 0.2) is 0 Å². The van der Waals surface area contributed by atoms with Gasteiger partial charge < -0.3 is 4.72 Å². The molecule has 2 aromatic rings. The van der Waals surface area contributed by atoms with Gasteiger partial charge >= 0.3 is 0 Å². The molecule has 1 fully saturated rings. The highest BCUT2D eigenvalue weighted by molar-refractivity contribution is 8.01. The Hall–Kier alpha value is -0.970. The molecule has 1 aromatic carbocycles. The first-order chi connectivity index (χ1) is 9.22. The molecule has 0 aliphatic heterocycles. The highest BCUT2D eigenvalue weighted by Gasteiger charge is 2.39. The van der Waals surface area contributed by atoms with E-state index in [1.165, 1.54) is 11.9 Å². The zero-order chi connectivity index (χ0) is 13.2. The highest BCUT2D eigenvalue weighted by atomic mass is 35.5. The minimum Gasteiger partial charge on any atom is -0.314 e. The summed E-state index contributed by atoms with van der Waals surface area (Å²) in [6.45, 7) is 0. The maximum Gasteiger partial charge on any atom is 0.140 e. The Kier molecular flexibility index (Phi) is 3.82. The number of nitrogens with zero attached hydrogens (tertiary/aromatic N) is 2. The molecule has 98 valence electrons. The molecule has 3 rings (SSSR count). The Bertz CT molecular complexity index is 594. The topological polar surface area (TPSA) is 37.8 Å². The molecule has 19 heavy (non-hydrogen) atoms. The lowest BCUT2D eigenvalue weighted by Crippen LogP contribution is -1.94. The van der Waals surface area contributed by atoms with Crippen LogP contribution in [0.5, 0.6) is 0 Å². The average Bonchev–Trinajstić information content (AvgIpc) is 3.16. The summed E-state index contributed by atoms with van der Waals surface area (Å²) in [6.07, 6.45) is 2.60. The molecule has 0 radical (unpaired) electrons. The van der Waals surface area contributed by atoms with E-state index in [-0.39, 0.29) is 0 Å². The number of anilines is 1. The van der Waals surface area contributed by atoms with Gasteiger partial charge in [-0.15, -0.1) is 0 Å². The van der Waals surface area contributed by atoms with Gasteiger partial charge in [0.1, 0.15) is 17.3 Å². The fourth-order valence-electron chi connectivity index (χ4n) is 1.92. The minimum atomic E-state index is 0.445. The Morgan fingerprint density at radius 3 is 2.89 bits per heavy atom. The Labute approximate surface area is 125 Å². The van der Waals surface area contributed by atoms with Crippen molar-refractivity contribution >= 4 is 41.0 Å². The van der Waals surface area contributed by atoms with Crippen molar-refractivity contribution in [1.29, 1.82) is 0 Å². The second-order valence-electron chi connectivity index (χ2n) is 4.38. The number of hydrogen-bond acceptors (Lipinski definition) is 4. The van der Waals surface area contributed by atoms with Gasteiger partial charge in [0.05, 0.1) is 0 Å². The SMILES string of the molecule is Clc1cccc(C2CC2SNc2cc(Cl)ncn2)c1. The summed E-state index contributed by atoms with van der Waals surface area (Å²) in [7, 11) is 0. The normalized spacial score (nSPS) is 21.2. The molecule has 1 aromatic heterocycles. The molecule has 0 spiro atoms. The van der Waals surface area contributed by atoms with Crippen LogP contribution in [-0.4, -0.2) is 15.2 Å². The van der Waals surface area contributed by atoms with Crippen LogP contribution in [0.4, 0.5) is 5.82 Å². The van der Waals surface area contributed by atoms with Crippen LogP contribution in [0.2, 0.25) is 10.2 Å². The van der Waals surface area contributed by atoms with Crippen LogP contribution in [0.15, 0.2) is 36.7 Å². The van der Waals surface area contributed by atoms with E-state index < -0.39 is 0 Å². The standard InChI is InChI=1S/C13H11Cl2N3S/c14-9-3-1-2-8(4-9)10-5-11(10)19-18-13-6-12(15)16-7-17-13/h1-4,6-7,10-11H,5H2,(H,16,17,18). The summed E-state index contributed by atoms with van der Waals surface area (Å²) in [5, 5.41) is 1.79. The van der Waals surface area contributed by atoms with Crippen molar-refractivity contribution in [2.75, 3.05) is 4.72 Å². The molecule has 2 atom stereocenters. The van der Waals surface area contributed by atoms with Crippen LogP contribution in [0.3, 0.4) is 0 Å². The van der Waals surface area contributed by atoms with Gasteiger partial charge in [-0.25, -0.2) is 9.97 Å². The van der Waals surface area contributed by atoms with E-state index in [0.29, 0.717) is 16.3 Å². The average molecular weight is 312 g/mol. The molecule has 0 amide bonds. The number of hydrogen-bond donors (Lipinski definition) is 1. The van der Waals surface area contributed by atoms with Gasteiger partial charge in [-0.05, 0) is 42.0 Å². The zero-order valence-corrected chi connectivity index (χ0v) is 12.2. The quantitative estimate of drug-likeness (QED) is 0.671. The molecule has 1 heterocycles. The van der Waals surface area contributed by atoms with Crippen molar-refractivity contribution in [3.63, 3.8) is 0 Å². The second kappa shape index (κ2) is 5.57. The molecule has 3 nitrogen and oxygen atoms in total. The molecule has 6 heteroatoms. The summed E-state index contributed by atoms with van der Waals surface area (Å²) in [5.74, 6) is 1.30. The molecule has 1 aliphatic carbocycles. The lowest BCUT2D eigenvalue weighted by molar-refractivity contribution is 1.13. The van der Waals surface area contributed by atoms with Crippen LogP contribution >= 0.6 is 35.1 Å². The van der Waals surface area contributed by atoms with Gasteiger partial charge in [-0.1, -0.05) is 35.3 Å². The fourth-order valence-corrected chi connectivity index (χ4v) is 3.27. The Balaban J connectivity index is 1.56. The minimum absolute atomic E-state index is 0.445. The largest absolute Gasteiger partial charge is 0.314 e. The van der Waals surface area contributed by atoms with Crippen molar-refractivity contribution < 1.29 is 0 Å². The van der Waals surface area contributed by atoms with E-state index in [0.717, 1.165) is 17.3 Å². The van der Waals surface area contributed by atoms with Gasteiger partial charge in [0, 0.05) is 16.3 Å². The molecular weight excluding hydrogens is 301 g/mol. The molecule has 1 saturated carbocycles. The zero-order valence-electron chi connectivity index (χ0n) is 9.88. The summed E-state index contributed by atoms with van der Waals surface area (Å²) < 4.78 is 3.21. The van der Waals surface area contributed by atoms with Crippen molar-refractivity contribution in [2.45, 2.75) is 17.6 Å². The number of benzene rings is 1. The monoisotopic (exact) mass is 311 g/mol. The summed E-state index contributed by atoms with van der Waals surface area (Å²) in [4.78, 5) is 7.95. The van der Waals surface area contributed by atoms with Crippen molar-refractivity contribution in [3.8, 4) is 0 Å². The number of nitrogens with one attached hydrogen (secondary N) is 1. The predicted molar refractivity (Wildman–Crippen MR) is 80.9 cm³/mol. The van der Waals surface area contributed by atoms with Crippen LogP contribution < -0.4 is 4.72 Å². The van der Waals surface area contributed by atoms with E-state index in [9.17, 15) is 0 Å². The first-order valence-corrected chi connectivity index (χ1v) is 7.50. The van der Waals surface area contributed by atoms with E-state index in [1.54, 1.807) is 18.0 Å². The fraction of sp³-hybridized carbons (Fsp3) is 0.231. The number of aromatic nitrogens is 2. The molecule has 0 saturated heterocycles. The van der Waals surface area contributed by atoms with Crippen molar-refractivity contribution in [1.82, 2.24) is 9.97 Å². The smallest absolute Gasteiger partial charge is 0.140 e. The number of rotatable bonds is 4. The lowest BCUT2D eigenvalue weighted by Gasteiger charge is -2.04. The molecular formula is C13H11Cl2N3S. The highest BCUT2D eigenvalue weighted by Crippen LogP contribution is 2.49. The second-order valence-corrected chi connectivity index (χ2v) is 6.25. The third-order valence-electron chi connectivity index (χ3n) is 2.96. The maximum atomic E-state index is 6.00. The molecule has 1 aliphatic rings. The summed E-state index contributed by atoms with van der Waals surface area (Å²) in [5.41, 5.74) is 1.30. The Morgan fingerprint density at radius 2 is 2.11 bits per heavy atom. The van der Waals surface area contributed by atoms with E-state index >= 15 is 0 Å². The first kappa shape index (κ1) is 13.0. The summed E-state index contributed by atoms with van der Waals surface area (Å²) in [6, 6.07) is 9.77. The first-order valence-electron chi connectivity index (χ1n) is 5.87. The lowest BCUT2D eigenvalue weighted by atomic mass is 10.1. The molecule has 2 unspecified atom stereocenters. The third kappa shape index (κ3) is 3.32.